The molecule has 1 aromatic carbocycles. The predicted octanol–water partition coefficient (Wildman–Crippen LogP) is 6.84. The Morgan fingerprint density at radius 1 is 0.649 bits per heavy atom. The van der Waals surface area contributed by atoms with E-state index in [2.05, 4.69) is 0 Å². The number of benzene rings is 1. The SMILES string of the molecule is O=C(NCCCCc1ccccc1)C(F)(F)C(F)(F)C(F)(F)C(F)(F)C(F)(F)C(F)(F)C(F)(F)C(F)F. The number of aryl methyl sites for hydroxylation is 1. The van der Waals surface area contributed by atoms with Crippen LogP contribution in [0.1, 0.15) is 18.4 Å². The van der Waals surface area contributed by atoms with Crippen molar-refractivity contribution >= 4 is 5.91 Å². The minimum absolute atomic E-state index is 0.0696. The second-order valence-electron chi connectivity index (χ2n) is 7.57. The van der Waals surface area contributed by atoms with Crippen molar-refractivity contribution in [1.82, 2.24) is 5.32 Å². The van der Waals surface area contributed by atoms with E-state index in [0.29, 0.717) is 5.56 Å². The van der Waals surface area contributed by atoms with E-state index in [4.69, 9.17) is 0 Å². The van der Waals surface area contributed by atoms with Crippen LogP contribution in [0.25, 0.3) is 0 Å². The topological polar surface area (TPSA) is 29.1 Å². The van der Waals surface area contributed by atoms with Gasteiger partial charge in [-0.05, 0) is 24.8 Å². The third kappa shape index (κ3) is 5.28. The van der Waals surface area contributed by atoms with Crippen molar-refractivity contribution in [3.05, 3.63) is 35.9 Å². The summed E-state index contributed by atoms with van der Waals surface area (Å²) in [7, 11) is 0. The molecule has 0 aromatic heterocycles. The van der Waals surface area contributed by atoms with E-state index in [-0.39, 0.29) is 19.3 Å². The molecule has 0 saturated carbocycles. The van der Waals surface area contributed by atoms with E-state index in [1.807, 2.05) is 0 Å². The molecule has 0 aliphatic heterocycles. The van der Waals surface area contributed by atoms with Crippen LogP contribution in [0.3, 0.4) is 0 Å². The molecular weight excluding hydrogens is 562 g/mol. The van der Waals surface area contributed by atoms with Gasteiger partial charge in [0.05, 0.1) is 0 Å². The van der Waals surface area contributed by atoms with Gasteiger partial charge in [0.25, 0.3) is 5.91 Å². The van der Waals surface area contributed by atoms with Crippen LogP contribution in [0.2, 0.25) is 0 Å². The zero-order chi connectivity index (χ0) is 29.3. The number of amides is 1. The van der Waals surface area contributed by atoms with Crippen molar-refractivity contribution in [3.8, 4) is 0 Å². The molecule has 2 nitrogen and oxygen atoms in total. The predicted molar refractivity (Wildman–Crippen MR) is 93.0 cm³/mol. The van der Waals surface area contributed by atoms with Crippen molar-refractivity contribution < 1.29 is 75.0 Å². The average Bonchev–Trinajstić information content (AvgIpc) is 2.78. The average molecular weight is 577 g/mol. The Balaban J connectivity index is 3.14. The lowest BCUT2D eigenvalue weighted by molar-refractivity contribution is -0.443. The highest BCUT2D eigenvalue weighted by atomic mass is 19.4. The van der Waals surface area contributed by atoms with Crippen LogP contribution in [0.4, 0.5) is 70.2 Å². The fraction of sp³-hybridized carbons (Fsp3) is 0.632. The zero-order valence-electron chi connectivity index (χ0n) is 17.7. The minimum Gasteiger partial charge on any atom is -0.351 e. The standard InChI is InChI=1S/C19H15F16NO/c20-11(21)13(22,23)15(26,27)17(30,31)19(34,35)18(32,33)16(28,29)14(24,25)12(37)36-9-5-4-8-10-6-2-1-3-7-10/h1-3,6-7,11H,4-5,8-9H2,(H,36,37). The summed E-state index contributed by atoms with van der Waals surface area (Å²) < 4.78 is 212. The summed E-state index contributed by atoms with van der Waals surface area (Å²) in [6.07, 6.45) is -5.89. The third-order valence-electron chi connectivity index (χ3n) is 4.97. The smallest absolute Gasteiger partial charge is 0.351 e. The Kier molecular flexibility index (Phi) is 9.15. The second kappa shape index (κ2) is 10.4. The highest BCUT2D eigenvalue weighted by Crippen LogP contribution is 2.62. The maximum absolute atomic E-state index is 13.8. The molecule has 0 bridgehead atoms. The lowest BCUT2D eigenvalue weighted by atomic mass is 9.89. The number of halogens is 16. The first-order valence-corrected chi connectivity index (χ1v) is 9.69. The number of hydrogen-bond acceptors (Lipinski definition) is 1. The summed E-state index contributed by atoms with van der Waals surface area (Å²) in [6, 6.07) is 8.04. The summed E-state index contributed by atoms with van der Waals surface area (Å²) >= 11 is 0. The first-order chi connectivity index (χ1) is 16.4. The van der Waals surface area contributed by atoms with Crippen LogP contribution in [-0.4, -0.2) is 60.3 Å². The molecule has 0 radical (unpaired) electrons. The van der Waals surface area contributed by atoms with E-state index < -0.39 is 60.3 Å². The maximum atomic E-state index is 13.8. The van der Waals surface area contributed by atoms with E-state index in [9.17, 15) is 75.0 Å². The van der Waals surface area contributed by atoms with Gasteiger partial charge in [0.1, 0.15) is 0 Å². The molecule has 0 fully saturated rings. The van der Waals surface area contributed by atoms with Gasteiger partial charge in [-0.15, -0.1) is 0 Å². The quantitative estimate of drug-likeness (QED) is 0.202. The lowest BCUT2D eigenvalue weighted by Gasteiger charge is -2.42. The van der Waals surface area contributed by atoms with Crippen LogP contribution in [0.15, 0.2) is 30.3 Å². The molecule has 0 spiro atoms. The molecule has 37 heavy (non-hydrogen) atoms. The summed E-state index contributed by atoms with van der Waals surface area (Å²) in [4.78, 5) is 11.3. The number of hydrogen-bond donors (Lipinski definition) is 1. The Morgan fingerprint density at radius 3 is 1.54 bits per heavy atom. The van der Waals surface area contributed by atoms with Gasteiger partial charge in [-0.1, -0.05) is 30.3 Å². The van der Waals surface area contributed by atoms with Gasteiger partial charge in [0.2, 0.25) is 0 Å². The van der Waals surface area contributed by atoms with Gasteiger partial charge in [-0.3, -0.25) is 4.79 Å². The monoisotopic (exact) mass is 577 g/mol. The second-order valence-corrected chi connectivity index (χ2v) is 7.57. The number of carbonyl (C=O) groups is 1. The zero-order valence-corrected chi connectivity index (χ0v) is 17.7. The van der Waals surface area contributed by atoms with E-state index >= 15 is 0 Å². The van der Waals surface area contributed by atoms with Crippen LogP contribution < -0.4 is 5.32 Å². The number of rotatable bonds is 13. The van der Waals surface area contributed by atoms with Gasteiger partial charge in [0, 0.05) is 6.54 Å². The highest BCUT2D eigenvalue weighted by Gasteiger charge is 2.94. The number of carbonyl (C=O) groups excluding carboxylic acids is 1. The first kappa shape index (κ1) is 32.6. The van der Waals surface area contributed by atoms with Crippen molar-refractivity contribution in [3.63, 3.8) is 0 Å². The van der Waals surface area contributed by atoms with Crippen LogP contribution >= 0.6 is 0 Å². The van der Waals surface area contributed by atoms with Crippen molar-refractivity contribution in [2.24, 2.45) is 0 Å². The molecule has 1 amide bonds. The number of nitrogens with one attached hydrogen (secondary N) is 1. The Hall–Kier alpha value is -2.43. The van der Waals surface area contributed by atoms with E-state index in [1.54, 1.807) is 30.3 Å². The normalized spacial score (nSPS) is 14.7. The van der Waals surface area contributed by atoms with Crippen LogP contribution in [-0.2, 0) is 11.2 Å². The molecule has 0 saturated heterocycles. The summed E-state index contributed by atoms with van der Waals surface area (Å²) in [5.74, 6) is -59.4. The fourth-order valence-electron chi connectivity index (χ4n) is 2.69. The highest BCUT2D eigenvalue weighted by molar-refractivity contribution is 5.84. The van der Waals surface area contributed by atoms with E-state index in [1.165, 1.54) is 0 Å². The fourth-order valence-corrected chi connectivity index (χ4v) is 2.69. The maximum Gasteiger partial charge on any atom is 0.392 e. The molecule has 0 aliphatic rings. The Bertz CT molecular complexity index is 916. The summed E-state index contributed by atoms with van der Waals surface area (Å²) in [5.41, 5.74) is 0.683. The Morgan fingerprint density at radius 2 is 1.08 bits per heavy atom. The van der Waals surface area contributed by atoms with E-state index in [0.717, 1.165) is 5.32 Å². The Labute approximate surface area is 197 Å². The molecule has 1 rings (SSSR count). The van der Waals surface area contributed by atoms with Gasteiger partial charge in [-0.2, -0.15) is 61.5 Å². The third-order valence-corrected chi connectivity index (χ3v) is 4.97. The molecule has 18 heteroatoms. The minimum atomic E-state index is -8.52. The summed E-state index contributed by atoms with van der Waals surface area (Å²) in [5, 5.41) is 0.945. The molecule has 1 aromatic rings. The van der Waals surface area contributed by atoms with Gasteiger partial charge in [0.15, 0.2) is 0 Å². The molecular formula is C19H15F16NO. The molecule has 0 heterocycles. The number of alkyl halides is 16. The van der Waals surface area contributed by atoms with Crippen molar-refractivity contribution in [1.29, 1.82) is 0 Å². The molecule has 1 N–H and O–H groups in total. The molecule has 0 atom stereocenters. The van der Waals surface area contributed by atoms with Crippen LogP contribution in [0.5, 0.6) is 0 Å². The largest absolute Gasteiger partial charge is 0.392 e. The van der Waals surface area contributed by atoms with Crippen LogP contribution in [0, 0.1) is 0 Å². The number of unbranched alkanes of at least 4 members (excludes halogenated alkanes) is 1. The van der Waals surface area contributed by atoms with Crippen molar-refractivity contribution in [2.45, 2.75) is 67.1 Å². The summed E-state index contributed by atoms with van der Waals surface area (Å²) in [6.45, 7) is -0.964. The van der Waals surface area contributed by atoms with Gasteiger partial charge in [-0.25, -0.2) is 8.78 Å². The first-order valence-electron chi connectivity index (χ1n) is 9.69. The lowest BCUT2D eigenvalue weighted by Crippen LogP contribution is -2.74. The molecule has 0 aliphatic carbocycles. The molecule has 0 unspecified atom stereocenters. The van der Waals surface area contributed by atoms with Gasteiger partial charge < -0.3 is 5.32 Å². The van der Waals surface area contributed by atoms with Crippen molar-refractivity contribution in [2.75, 3.05) is 6.54 Å². The molecule has 214 valence electrons. The van der Waals surface area contributed by atoms with Gasteiger partial charge >= 0.3 is 47.9 Å².